The van der Waals surface area contributed by atoms with Crippen molar-refractivity contribution < 1.29 is 22.7 Å². The first kappa shape index (κ1) is 17.0. The average Bonchev–Trinajstić information content (AvgIpc) is 2.43. The van der Waals surface area contributed by atoms with Crippen LogP contribution >= 0.6 is 0 Å². The van der Waals surface area contributed by atoms with E-state index < -0.39 is 21.6 Å². The minimum atomic E-state index is -3.49. The Kier molecular flexibility index (Phi) is 6.69. The summed E-state index contributed by atoms with van der Waals surface area (Å²) in [7, 11) is -3.49. The van der Waals surface area contributed by atoms with E-state index in [1.807, 2.05) is 6.07 Å². The van der Waals surface area contributed by atoms with Crippen LogP contribution in [0.15, 0.2) is 24.3 Å². The molecule has 114 valence electrons. The highest BCUT2D eigenvalue weighted by Gasteiger charge is 2.17. The lowest BCUT2D eigenvalue weighted by Crippen LogP contribution is -2.22. The first-order chi connectivity index (χ1) is 9.98. The molecule has 0 N–H and O–H groups in total. The number of carbonyl (C=O) groups excluding carboxylic acids is 1. The van der Waals surface area contributed by atoms with Crippen LogP contribution in [0.5, 0.6) is 5.75 Å². The Balaban J connectivity index is 2.40. The number of carbonyl (C=O) groups is 1. The number of rotatable bonds is 8. The molecule has 0 radical (unpaired) electrons. The van der Waals surface area contributed by atoms with Crippen LogP contribution < -0.4 is 4.74 Å². The van der Waals surface area contributed by atoms with Gasteiger partial charge >= 0.3 is 5.97 Å². The molecule has 0 fully saturated rings. The van der Waals surface area contributed by atoms with Crippen molar-refractivity contribution in [2.75, 3.05) is 24.7 Å². The standard InChI is InChI=1S/C14H17NO5S/c1-2-19-14(16)11-21(17,18)9-5-8-20-13-7-4-3-6-12(13)10-15/h3-4,6-7H,2,5,8-9,11H2,1H3. The molecule has 0 aliphatic heterocycles. The molecule has 1 rings (SSSR count). The predicted molar refractivity (Wildman–Crippen MR) is 76.6 cm³/mol. The van der Waals surface area contributed by atoms with E-state index in [-0.39, 0.29) is 25.4 Å². The van der Waals surface area contributed by atoms with E-state index in [4.69, 9.17) is 10.00 Å². The van der Waals surface area contributed by atoms with Crippen molar-refractivity contribution in [2.45, 2.75) is 13.3 Å². The summed E-state index contributed by atoms with van der Waals surface area (Å²) in [5.74, 6) is -1.10. The van der Waals surface area contributed by atoms with Crippen LogP contribution in [0.25, 0.3) is 0 Å². The number of hydrogen-bond acceptors (Lipinski definition) is 6. The monoisotopic (exact) mass is 311 g/mol. The number of nitrogens with zero attached hydrogens (tertiary/aromatic N) is 1. The average molecular weight is 311 g/mol. The van der Waals surface area contributed by atoms with Crippen molar-refractivity contribution in [2.24, 2.45) is 0 Å². The Morgan fingerprint density at radius 2 is 2.05 bits per heavy atom. The van der Waals surface area contributed by atoms with Crippen molar-refractivity contribution in [1.82, 2.24) is 0 Å². The van der Waals surface area contributed by atoms with Gasteiger partial charge in [-0.1, -0.05) is 12.1 Å². The third-order valence-corrected chi connectivity index (χ3v) is 4.09. The van der Waals surface area contributed by atoms with Crippen LogP contribution in [0, 0.1) is 11.3 Å². The van der Waals surface area contributed by atoms with E-state index >= 15 is 0 Å². The second-order valence-electron chi connectivity index (χ2n) is 4.21. The Bertz CT molecular complexity index is 618. The number of nitriles is 1. The molecule has 0 amide bonds. The summed E-state index contributed by atoms with van der Waals surface area (Å²) in [6.45, 7) is 1.92. The number of sulfone groups is 1. The number of hydrogen-bond donors (Lipinski definition) is 0. The molecule has 0 unspecified atom stereocenters. The SMILES string of the molecule is CCOC(=O)CS(=O)(=O)CCCOc1ccccc1C#N. The van der Waals surface area contributed by atoms with E-state index in [0.29, 0.717) is 11.3 Å². The van der Waals surface area contributed by atoms with Crippen molar-refractivity contribution in [3.05, 3.63) is 29.8 Å². The zero-order valence-electron chi connectivity index (χ0n) is 11.7. The normalized spacial score (nSPS) is 10.7. The molecule has 0 atom stereocenters. The van der Waals surface area contributed by atoms with Gasteiger partial charge in [0.05, 0.1) is 24.5 Å². The van der Waals surface area contributed by atoms with E-state index in [1.54, 1.807) is 31.2 Å². The first-order valence-electron chi connectivity index (χ1n) is 6.46. The highest BCUT2D eigenvalue weighted by molar-refractivity contribution is 7.92. The number of benzene rings is 1. The van der Waals surface area contributed by atoms with Crippen molar-refractivity contribution in [1.29, 1.82) is 5.26 Å². The summed E-state index contributed by atoms with van der Waals surface area (Å²) in [6, 6.07) is 8.70. The number of esters is 1. The van der Waals surface area contributed by atoms with Crippen LogP contribution in [0.2, 0.25) is 0 Å². The lowest BCUT2D eigenvalue weighted by molar-refractivity contribution is -0.139. The lowest BCUT2D eigenvalue weighted by Gasteiger charge is -2.08. The zero-order chi connectivity index (χ0) is 15.7. The van der Waals surface area contributed by atoms with Gasteiger partial charge in [-0.3, -0.25) is 4.79 Å². The smallest absolute Gasteiger partial charge is 0.321 e. The summed E-state index contributed by atoms with van der Waals surface area (Å²) in [5, 5.41) is 8.88. The first-order valence-corrected chi connectivity index (χ1v) is 8.28. The predicted octanol–water partition coefficient (Wildman–Crippen LogP) is 1.31. The molecule has 7 heteroatoms. The van der Waals surface area contributed by atoms with Gasteiger partial charge in [0.25, 0.3) is 0 Å². The molecule has 6 nitrogen and oxygen atoms in total. The van der Waals surface area contributed by atoms with Crippen molar-refractivity contribution in [3.8, 4) is 11.8 Å². The molecule has 21 heavy (non-hydrogen) atoms. The van der Waals surface area contributed by atoms with Crippen LogP contribution in [-0.4, -0.2) is 39.1 Å². The third kappa shape index (κ3) is 6.27. The molecule has 0 aliphatic carbocycles. The molecule has 0 spiro atoms. The third-order valence-electron chi connectivity index (χ3n) is 2.51. The fourth-order valence-corrected chi connectivity index (χ4v) is 2.74. The topological polar surface area (TPSA) is 93.5 Å². The number of para-hydroxylation sites is 1. The Morgan fingerprint density at radius 1 is 1.33 bits per heavy atom. The van der Waals surface area contributed by atoms with Gasteiger partial charge in [0, 0.05) is 0 Å². The largest absolute Gasteiger partial charge is 0.492 e. The Labute approximate surface area is 124 Å². The summed E-state index contributed by atoms with van der Waals surface area (Å²) < 4.78 is 33.3. The van der Waals surface area contributed by atoms with Crippen molar-refractivity contribution in [3.63, 3.8) is 0 Å². The maximum absolute atomic E-state index is 11.6. The summed E-state index contributed by atoms with van der Waals surface area (Å²) >= 11 is 0. The second-order valence-corrected chi connectivity index (χ2v) is 6.39. The minimum absolute atomic E-state index is 0.154. The highest BCUT2D eigenvalue weighted by atomic mass is 32.2. The molecule has 0 aromatic heterocycles. The molecule has 0 heterocycles. The molecule has 0 saturated carbocycles. The molecule has 1 aromatic rings. The van der Waals surface area contributed by atoms with Crippen LogP contribution in [0.1, 0.15) is 18.9 Å². The quantitative estimate of drug-likeness (QED) is 0.530. The maximum Gasteiger partial charge on any atom is 0.321 e. The minimum Gasteiger partial charge on any atom is -0.492 e. The maximum atomic E-state index is 11.6. The highest BCUT2D eigenvalue weighted by Crippen LogP contribution is 2.16. The Hall–Kier alpha value is -2.07. The molecule has 0 bridgehead atoms. The van der Waals surface area contributed by atoms with Gasteiger partial charge in [0.1, 0.15) is 17.6 Å². The van der Waals surface area contributed by atoms with Gasteiger partial charge in [0.2, 0.25) is 0 Å². The molecular formula is C14H17NO5S. The van der Waals surface area contributed by atoms with E-state index in [0.717, 1.165) is 0 Å². The fraction of sp³-hybridized carbons (Fsp3) is 0.429. The van der Waals surface area contributed by atoms with Gasteiger partial charge in [-0.05, 0) is 25.5 Å². The molecule has 0 aliphatic rings. The number of ether oxygens (including phenoxy) is 2. The molecule has 0 saturated heterocycles. The lowest BCUT2D eigenvalue weighted by atomic mass is 10.2. The summed E-state index contributed by atoms with van der Waals surface area (Å²) in [5.41, 5.74) is 0.395. The van der Waals surface area contributed by atoms with Gasteiger partial charge < -0.3 is 9.47 Å². The fourth-order valence-electron chi connectivity index (χ4n) is 1.60. The summed E-state index contributed by atoms with van der Waals surface area (Å²) in [6.07, 6.45) is 0.238. The Morgan fingerprint density at radius 3 is 2.71 bits per heavy atom. The van der Waals surface area contributed by atoms with Gasteiger partial charge in [-0.15, -0.1) is 0 Å². The van der Waals surface area contributed by atoms with Gasteiger partial charge in [-0.25, -0.2) is 8.42 Å². The second kappa shape index (κ2) is 8.27. The van der Waals surface area contributed by atoms with Crippen LogP contribution in [-0.2, 0) is 19.4 Å². The van der Waals surface area contributed by atoms with E-state index in [1.165, 1.54) is 0 Å². The van der Waals surface area contributed by atoms with Crippen molar-refractivity contribution >= 4 is 15.8 Å². The van der Waals surface area contributed by atoms with Crippen LogP contribution in [0.3, 0.4) is 0 Å². The van der Waals surface area contributed by atoms with E-state index in [9.17, 15) is 13.2 Å². The van der Waals surface area contributed by atoms with Gasteiger partial charge in [0.15, 0.2) is 9.84 Å². The molecular weight excluding hydrogens is 294 g/mol. The zero-order valence-corrected chi connectivity index (χ0v) is 12.6. The van der Waals surface area contributed by atoms with Gasteiger partial charge in [-0.2, -0.15) is 5.26 Å². The van der Waals surface area contributed by atoms with E-state index in [2.05, 4.69) is 4.74 Å². The molecule has 1 aromatic carbocycles. The van der Waals surface area contributed by atoms with Crippen LogP contribution in [0.4, 0.5) is 0 Å². The summed E-state index contributed by atoms with van der Waals surface area (Å²) in [4.78, 5) is 11.1.